The molecule has 0 fully saturated rings. The largest absolute Gasteiger partial charge is 0.462 e. The van der Waals surface area contributed by atoms with E-state index in [0.29, 0.717) is 17.8 Å². The van der Waals surface area contributed by atoms with E-state index >= 15 is 0 Å². The molecule has 24 heavy (non-hydrogen) atoms. The first-order valence-electron chi connectivity index (χ1n) is 8.87. The second kappa shape index (κ2) is 11.9. The van der Waals surface area contributed by atoms with Gasteiger partial charge in [-0.2, -0.15) is 0 Å². The van der Waals surface area contributed by atoms with Gasteiger partial charge in [-0.3, -0.25) is 0 Å². The fourth-order valence-corrected chi connectivity index (χ4v) is 2.21. The lowest BCUT2D eigenvalue weighted by Gasteiger charge is -2.25. The van der Waals surface area contributed by atoms with Crippen LogP contribution in [0.15, 0.2) is 24.3 Å². The van der Waals surface area contributed by atoms with Gasteiger partial charge in [-0.25, -0.2) is 9.59 Å². The van der Waals surface area contributed by atoms with Crippen molar-refractivity contribution < 1.29 is 19.1 Å². The summed E-state index contributed by atoms with van der Waals surface area (Å²) in [6.45, 7) is 14.8. The Bertz CT molecular complexity index is 435. The average Bonchev–Trinajstić information content (AvgIpc) is 2.48. The lowest BCUT2D eigenvalue weighted by Crippen LogP contribution is -2.28. The zero-order valence-electron chi connectivity index (χ0n) is 15.9. The molecule has 0 atom stereocenters. The van der Waals surface area contributed by atoms with Crippen LogP contribution in [0.3, 0.4) is 0 Å². The second-order valence-electron chi connectivity index (χ2n) is 7.07. The SMILES string of the molecule is C=C(C)C(=O)OCCCCCCCCCC(C)(C)OC(=O)C(=C)C. The van der Waals surface area contributed by atoms with Gasteiger partial charge in [0, 0.05) is 11.1 Å². The molecule has 0 unspecified atom stereocenters. The first kappa shape index (κ1) is 22.4. The van der Waals surface area contributed by atoms with Gasteiger partial charge >= 0.3 is 11.9 Å². The summed E-state index contributed by atoms with van der Waals surface area (Å²) in [4.78, 5) is 22.7. The van der Waals surface area contributed by atoms with Gasteiger partial charge in [-0.15, -0.1) is 0 Å². The molecule has 0 rings (SSSR count). The van der Waals surface area contributed by atoms with Crippen molar-refractivity contribution in [2.24, 2.45) is 0 Å². The van der Waals surface area contributed by atoms with Crippen molar-refractivity contribution in [3.8, 4) is 0 Å². The monoisotopic (exact) mass is 338 g/mol. The van der Waals surface area contributed by atoms with E-state index in [1.54, 1.807) is 13.8 Å². The molecule has 138 valence electrons. The van der Waals surface area contributed by atoms with E-state index in [1.807, 2.05) is 13.8 Å². The van der Waals surface area contributed by atoms with E-state index in [4.69, 9.17) is 9.47 Å². The minimum atomic E-state index is -0.427. The van der Waals surface area contributed by atoms with E-state index in [2.05, 4.69) is 13.2 Å². The number of hydrogen-bond acceptors (Lipinski definition) is 4. The molecule has 0 aromatic heterocycles. The van der Waals surface area contributed by atoms with Crippen molar-refractivity contribution in [1.29, 1.82) is 0 Å². The van der Waals surface area contributed by atoms with Crippen LogP contribution < -0.4 is 0 Å². The number of hydrogen-bond donors (Lipinski definition) is 0. The van der Waals surface area contributed by atoms with E-state index < -0.39 is 5.60 Å². The third-order valence-corrected chi connectivity index (χ3v) is 3.72. The standard InChI is InChI=1S/C20H34O4/c1-16(2)18(21)23-15-13-11-9-7-8-10-12-14-20(5,6)24-19(22)17(3)4/h1,3,7-15H2,2,4-6H3. The van der Waals surface area contributed by atoms with Crippen LogP contribution >= 0.6 is 0 Å². The number of rotatable bonds is 13. The van der Waals surface area contributed by atoms with Gasteiger partial charge in [0.1, 0.15) is 5.60 Å². The van der Waals surface area contributed by atoms with Crippen LogP contribution in [0.1, 0.15) is 79.1 Å². The molecule has 0 heterocycles. The van der Waals surface area contributed by atoms with Crippen LogP contribution in [0.5, 0.6) is 0 Å². The summed E-state index contributed by atoms with van der Waals surface area (Å²) < 4.78 is 10.5. The van der Waals surface area contributed by atoms with Gasteiger partial charge < -0.3 is 9.47 Å². The normalized spacial score (nSPS) is 11.0. The molecule has 0 saturated carbocycles. The van der Waals surface area contributed by atoms with Crippen LogP contribution in [-0.2, 0) is 19.1 Å². The van der Waals surface area contributed by atoms with Gasteiger partial charge in [0.15, 0.2) is 0 Å². The van der Waals surface area contributed by atoms with Gasteiger partial charge in [0.05, 0.1) is 6.61 Å². The Morgan fingerprint density at radius 2 is 1.25 bits per heavy atom. The zero-order chi connectivity index (χ0) is 18.6. The Morgan fingerprint density at radius 1 is 0.792 bits per heavy atom. The number of esters is 2. The van der Waals surface area contributed by atoms with Gasteiger partial charge in [0.2, 0.25) is 0 Å². The van der Waals surface area contributed by atoms with Crippen molar-refractivity contribution in [2.45, 2.75) is 84.7 Å². The number of carbonyl (C=O) groups excluding carboxylic acids is 2. The highest BCUT2D eigenvalue weighted by molar-refractivity contribution is 5.87. The van der Waals surface area contributed by atoms with Gasteiger partial charge in [0.25, 0.3) is 0 Å². The highest BCUT2D eigenvalue weighted by atomic mass is 16.6. The molecule has 4 heteroatoms. The number of unbranched alkanes of at least 4 members (excludes halogenated alkanes) is 6. The summed E-state index contributed by atoms with van der Waals surface area (Å²) >= 11 is 0. The predicted octanol–water partition coefficient (Wildman–Crippen LogP) is 5.12. The van der Waals surface area contributed by atoms with Crippen molar-refractivity contribution in [3.63, 3.8) is 0 Å². The lowest BCUT2D eigenvalue weighted by molar-refractivity contribution is -0.152. The Hall–Kier alpha value is -1.58. The Kier molecular flexibility index (Phi) is 11.1. The maximum Gasteiger partial charge on any atom is 0.333 e. The summed E-state index contributed by atoms with van der Waals surface area (Å²) in [5.74, 6) is -0.614. The Balaban J connectivity index is 3.54. The smallest absolute Gasteiger partial charge is 0.333 e. The molecule has 0 bridgehead atoms. The molecule has 0 aliphatic heterocycles. The molecule has 0 spiro atoms. The van der Waals surface area contributed by atoms with Crippen molar-refractivity contribution in [1.82, 2.24) is 0 Å². The molecule has 0 amide bonds. The quantitative estimate of drug-likeness (QED) is 0.265. The summed E-state index contributed by atoms with van der Waals surface area (Å²) in [5.41, 5.74) is 0.465. The maximum atomic E-state index is 11.5. The molecule has 0 N–H and O–H groups in total. The van der Waals surface area contributed by atoms with Crippen LogP contribution in [-0.4, -0.2) is 24.1 Å². The third kappa shape index (κ3) is 11.9. The first-order chi connectivity index (χ1) is 11.2. The van der Waals surface area contributed by atoms with Crippen LogP contribution in [0.4, 0.5) is 0 Å². The summed E-state index contributed by atoms with van der Waals surface area (Å²) in [6, 6.07) is 0. The van der Waals surface area contributed by atoms with Crippen molar-refractivity contribution >= 4 is 11.9 Å². The molecule has 0 radical (unpaired) electrons. The topological polar surface area (TPSA) is 52.6 Å². The fraction of sp³-hybridized carbons (Fsp3) is 0.700. The molecule has 4 nitrogen and oxygen atoms in total. The first-order valence-corrected chi connectivity index (χ1v) is 8.87. The van der Waals surface area contributed by atoms with Crippen LogP contribution in [0.2, 0.25) is 0 Å². The second-order valence-corrected chi connectivity index (χ2v) is 7.07. The Morgan fingerprint density at radius 3 is 1.75 bits per heavy atom. The van der Waals surface area contributed by atoms with Crippen molar-refractivity contribution in [3.05, 3.63) is 24.3 Å². The van der Waals surface area contributed by atoms with Gasteiger partial charge in [-0.05, 0) is 47.0 Å². The maximum absolute atomic E-state index is 11.5. The zero-order valence-corrected chi connectivity index (χ0v) is 15.9. The van der Waals surface area contributed by atoms with E-state index in [0.717, 1.165) is 38.5 Å². The molecule has 0 saturated heterocycles. The van der Waals surface area contributed by atoms with Crippen LogP contribution in [0.25, 0.3) is 0 Å². The highest BCUT2D eigenvalue weighted by Crippen LogP contribution is 2.20. The Labute approximate surface area is 147 Å². The lowest BCUT2D eigenvalue weighted by atomic mass is 9.99. The van der Waals surface area contributed by atoms with E-state index in [1.165, 1.54) is 12.8 Å². The number of carbonyl (C=O) groups is 2. The number of ether oxygens (including phenoxy) is 2. The highest BCUT2D eigenvalue weighted by Gasteiger charge is 2.22. The van der Waals surface area contributed by atoms with Gasteiger partial charge in [-0.1, -0.05) is 45.3 Å². The molecule has 0 aliphatic rings. The summed E-state index contributed by atoms with van der Waals surface area (Å²) in [7, 11) is 0. The van der Waals surface area contributed by atoms with Crippen LogP contribution in [0, 0.1) is 0 Å². The third-order valence-electron chi connectivity index (χ3n) is 3.72. The van der Waals surface area contributed by atoms with Crippen molar-refractivity contribution in [2.75, 3.05) is 6.61 Å². The fourth-order valence-electron chi connectivity index (χ4n) is 2.21. The van der Waals surface area contributed by atoms with E-state index in [-0.39, 0.29) is 11.9 Å². The molecule has 0 aliphatic carbocycles. The minimum Gasteiger partial charge on any atom is -0.462 e. The minimum absolute atomic E-state index is 0.301. The average molecular weight is 338 g/mol. The summed E-state index contributed by atoms with van der Waals surface area (Å²) in [5, 5.41) is 0. The molecular formula is C20H34O4. The van der Waals surface area contributed by atoms with E-state index in [9.17, 15) is 9.59 Å². The molecule has 0 aromatic carbocycles. The predicted molar refractivity (Wildman–Crippen MR) is 97.7 cm³/mol. The molecular weight excluding hydrogens is 304 g/mol. The summed E-state index contributed by atoms with van der Waals surface area (Å²) in [6.07, 6.45) is 8.54. The molecule has 0 aromatic rings.